The first kappa shape index (κ1) is 23.5. The molecule has 1 rings (SSSR count). The van der Waals surface area contributed by atoms with E-state index >= 15 is 0 Å². The summed E-state index contributed by atoms with van der Waals surface area (Å²) in [7, 11) is -3.46. The van der Waals surface area contributed by atoms with Gasteiger partial charge in [0, 0.05) is 5.70 Å². The van der Waals surface area contributed by atoms with Crippen LogP contribution in [0.25, 0.3) is 0 Å². The molecule has 2 amide bonds. The number of nitrogens with two attached hydrogens (primary N) is 1. The second-order valence-corrected chi connectivity index (χ2v) is 9.94. The number of hydrogen-bond donors (Lipinski definition) is 3. The number of carbonyl (C=O) groups is 1. The molecule has 27 heavy (non-hydrogen) atoms. The minimum atomic E-state index is -3.46. The van der Waals surface area contributed by atoms with Crippen molar-refractivity contribution < 1.29 is 14.1 Å². The highest BCUT2D eigenvalue weighted by Crippen LogP contribution is 2.27. The maximum atomic E-state index is 12.7. The number of rotatable bonds is 8. The van der Waals surface area contributed by atoms with Gasteiger partial charge in [-0.25, -0.2) is 19.1 Å². The predicted molar refractivity (Wildman–Crippen MR) is 111 cm³/mol. The van der Waals surface area contributed by atoms with Gasteiger partial charge in [-0.05, 0) is 44.8 Å². The minimum absolute atomic E-state index is 0.137. The molecule has 1 aromatic heterocycles. The zero-order chi connectivity index (χ0) is 20.8. The van der Waals surface area contributed by atoms with E-state index in [2.05, 4.69) is 21.2 Å². The van der Waals surface area contributed by atoms with Gasteiger partial charge in [0.25, 0.3) is 0 Å². The van der Waals surface area contributed by atoms with E-state index in [1.165, 1.54) is 6.20 Å². The van der Waals surface area contributed by atoms with Crippen LogP contribution in [0.4, 0.5) is 4.79 Å². The smallest absolute Gasteiger partial charge is 0.354 e. The van der Waals surface area contributed by atoms with Gasteiger partial charge in [0.1, 0.15) is 14.8 Å². The highest BCUT2D eigenvalue weighted by Gasteiger charge is 2.23. The normalized spacial score (nSPS) is 14.9. The van der Waals surface area contributed by atoms with Gasteiger partial charge in [0.05, 0.1) is 6.20 Å². The predicted octanol–water partition coefficient (Wildman–Crippen LogP) is 4.21. The van der Waals surface area contributed by atoms with E-state index in [-0.39, 0.29) is 4.21 Å². The first-order valence-electron chi connectivity index (χ1n) is 8.84. The Labute approximate surface area is 166 Å². The molecule has 0 aromatic carbocycles. The van der Waals surface area contributed by atoms with E-state index in [1.807, 2.05) is 20.8 Å². The lowest BCUT2D eigenvalue weighted by atomic mass is 10.0. The number of amides is 2. The molecule has 0 spiro atoms. The maximum Gasteiger partial charge on any atom is 0.354 e. The molecule has 0 aliphatic carbocycles. The minimum Gasteiger partial charge on any atom is -0.383 e. The van der Waals surface area contributed by atoms with E-state index in [4.69, 9.17) is 5.14 Å². The highest BCUT2D eigenvalue weighted by molar-refractivity contribution is 7.93. The number of hydrogen-bond acceptors (Lipinski definition) is 5. The van der Waals surface area contributed by atoms with Gasteiger partial charge < -0.3 is 10.4 Å². The van der Waals surface area contributed by atoms with Crippen molar-refractivity contribution in [3.63, 3.8) is 0 Å². The molecule has 0 aliphatic rings. The van der Waals surface area contributed by atoms with Crippen molar-refractivity contribution in [1.82, 2.24) is 10.3 Å². The van der Waals surface area contributed by atoms with Gasteiger partial charge in [-0.3, -0.25) is 0 Å². The number of aromatic nitrogens is 1. The van der Waals surface area contributed by atoms with E-state index in [9.17, 15) is 14.1 Å². The number of allylic oxidation sites excluding steroid dienone is 2. The van der Waals surface area contributed by atoms with E-state index < -0.39 is 21.5 Å². The van der Waals surface area contributed by atoms with Crippen LogP contribution in [0, 0.1) is 0 Å². The van der Waals surface area contributed by atoms with Gasteiger partial charge in [0.15, 0.2) is 9.92 Å². The van der Waals surface area contributed by atoms with Crippen molar-refractivity contribution in [2.24, 2.45) is 9.50 Å². The number of urea groups is 1. The molecule has 0 saturated carbocycles. The van der Waals surface area contributed by atoms with Gasteiger partial charge in [0.2, 0.25) is 0 Å². The number of nitrogens with zero attached hydrogens (tertiary/aromatic N) is 2. The summed E-state index contributed by atoms with van der Waals surface area (Å²) in [6, 6.07) is -0.789. The first-order chi connectivity index (χ1) is 12.4. The van der Waals surface area contributed by atoms with E-state index in [1.54, 1.807) is 13.8 Å². The molecule has 1 unspecified atom stereocenters. The summed E-state index contributed by atoms with van der Waals surface area (Å²) in [5, 5.41) is 18.8. The highest BCUT2D eigenvalue weighted by atomic mass is 32.2. The number of thiazole rings is 1. The maximum absolute atomic E-state index is 12.7. The van der Waals surface area contributed by atoms with Crippen LogP contribution in [0.1, 0.15) is 65.3 Å². The molecule has 0 saturated heterocycles. The molecule has 0 bridgehead atoms. The van der Waals surface area contributed by atoms with Crippen LogP contribution in [-0.2, 0) is 15.5 Å². The van der Waals surface area contributed by atoms with Crippen molar-refractivity contribution in [3.8, 4) is 0 Å². The zero-order valence-corrected chi connectivity index (χ0v) is 18.3. The molecule has 4 N–H and O–H groups in total. The third-order valence-corrected chi connectivity index (χ3v) is 6.89. The largest absolute Gasteiger partial charge is 0.383 e. The zero-order valence-electron chi connectivity index (χ0n) is 16.7. The van der Waals surface area contributed by atoms with Crippen molar-refractivity contribution in [1.29, 1.82) is 0 Å². The molecular weight excluding hydrogens is 384 g/mol. The van der Waals surface area contributed by atoms with Crippen LogP contribution < -0.4 is 10.5 Å². The fourth-order valence-corrected chi connectivity index (χ4v) is 4.46. The van der Waals surface area contributed by atoms with Gasteiger partial charge >= 0.3 is 6.03 Å². The Balaban J connectivity index is 3.15. The summed E-state index contributed by atoms with van der Waals surface area (Å²) in [5.41, 5.74) is 1.23. The summed E-state index contributed by atoms with van der Waals surface area (Å²) in [6.45, 7) is 13.2. The van der Waals surface area contributed by atoms with Crippen LogP contribution in [0.5, 0.6) is 0 Å². The second kappa shape index (κ2) is 9.59. The molecule has 0 radical (unpaired) electrons. The molecule has 0 aliphatic heterocycles. The molecule has 1 atom stereocenters. The summed E-state index contributed by atoms with van der Waals surface area (Å²) in [4.78, 5) is 16.4. The summed E-state index contributed by atoms with van der Waals surface area (Å²) < 4.78 is 16.5. The monoisotopic (exact) mass is 414 g/mol. The lowest BCUT2D eigenvalue weighted by Crippen LogP contribution is -2.25. The third-order valence-electron chi connectivity index (χ3n) is 3.70. The quantitative estimate of drug-likeness (QED) is 0.552. The van der Waals surface area contributed by atoms with Gasteiger partial charge in [-0.2, -0.15) is 0 Å². The Kier molecular flexibility index (Phi) is 8.34. The van der Waals surface area contributed by atoms with E-state index in [0.29, 0.717) is 10.7 Å². The Bertz CT molecular complexity index is 841. The fourth-order valence-electron chi connectivity index (χ4n) is 2.40. The van der Waals surface area contributed by atoms with Crippen molar-refractivity contribution >= 4 is 27.3 Å². The third kappa shape index (κ3) is 6.84. The van der Waals surface area contributed by atoms with Crippen LogP contribution in [0.2, 0.25) is 0 Å². The van der Waals surface area contributed by atoms with Gasteiger partial charge in [-0.1, -0.05) is 33.3 Å². The van der Waals surface area contributed by atoms with E-state index in [0.717, 1.165) is 48.2 Å². The SMILES string of the molecule is C=C(CCC)/C(NC(=O)N=S(N)(=O)c1cnc(C(C)(C)O)s1)=C(\C)CCC. The lowest BCUT2D eigenvalue weighted by molar-refractivity contribution is 0.0783. The summed E-state index contributed by atoms with van der Waals surface area (Å²) >= 11 is 0.972. The summed E-state index contributed by atoms with van der Waals surface area (Å²) in [6.07, 6.45) is 4.64. The van der Waals surface area contributed by atoms with Crippen LogP contribution >= 0.6 is 11.3 Å². The molecule has 152 valence electrons. The van der Waals surface area contributed by atoms with Crippen molar-refractivity contribution in [3.05, 3.63) is 34.6 Å². The Morgan fingerprint density at radius 3 is 2.48 bits per heavy atom. The summed E-state index contributed by atoms with van der Waals surface area (Å²) in [5.74, 6) is 0. The average Bonchev–Trinajstić information content (AvgIpc) is 3.03. The number of aliphatic hydroxyl groups is 1. The molecule has 1 heterocycles. The number of nitrogens with one attached hydrogen (secondary N) is 1. The molecule has 0 fully saturated rings. The molecule has 1 aromatic rings. The lowest BCUT2D eigenvalue weighted by Gasteiger charge is -2.15. The van der Waals surface area contributed by atoms with Crippen LogP contribution in [0.3, 0.4) is 0 Å². The molecule has 7 nitrogen and oxygen atoms in total. The van der Waals surface area contributed by atoms with Crippen LogP contribution in [0.15, 0.2) is 38.2 Å². The topological polar surface area (TPSA) is 118 Å². The standard InChI is InChI=1S/C18H30N4O3S2/c1-7-9-12(3)15(13(4)10-8-2)21-17(23)22-27(19,25)14-11-20-16(26-14)18(5,6)24/h11,24H,3,7-10H2,1-2,4-6H3,(H3,19,21,22,23,25)/b15-13-. The first-order valence-corrected chi connectivity index (χ1v) is 11.2. The second-order valence-electron chi connectivity index (χ2n) is 6.89. The fraction of sp³-hybridized carbons (Fsp3) is 0.556. The molecular formula is C18H30N4O3S2. The molecule has 9 heteroatoms. The Hall–Kier alpha value is -1.55. The number of carbonyl (C=O) groups excluding carboxylic acids is 1. The average molecular weight is 415 g/mol. The van der Waals surface area contributed by atoms with Gasteiger partial charge in [-0.15, -0.1) is 15.7 Å². The Morgan fingerprint density at radius 1 is 1.41 bits per heavy atom. The Morgan fingerprint density at radius 2 is 2.00 bits per heavy atom. The van der Waals surface area contributed by atoms with Crippen molar-refractivity contribution in [2.75, 3.05) is 0 Å². The van der Waals surface area contributed by atoms with Crippen LogP contribution in [-0.4, -0.2) is 20.3 Å². The van der Waals surface area contributed by atoms with Crippen molar-refractivity contribution in [2.45, 2.75) is 70.1 Å².